The Morgan fingerprint density at radius 2 is 1.24 bits per heavy atom. The van der Waals surface area contributed by atoms with Gasteiger partial charge in [-0.05, 0) is 53.4 Å². The lowest BCUT2D eigenvalue weighted by Crippen LogP contribution is -2.00. The van der Waals surface area contributed by atoms with E-state index in [-0.39, 0.29) is 0 Å². The number of aromatic nitrogens is 1. The molecule has 0 saturated carbocycles. The zero-order chi connectivity index (χ0) is 22.5. The van der Waals surface area contributed by atoms with Gasteiger partial charge in [0.15, 0.2) is 0 Å². The lowest BCUT2D eigenvalue weighted by atomic mass is 10.1. The molecule has 160 valence electrons. The summed E-state index contributed by atoms with van der Waals surface area (Å²) in [6, 6.07) is 42.4. The highest BCUT2D eigenvalue weighted by molar-refractivity contribution is 5.94. The monoisotopic (exact) mass is 426 g/mol. The predicted molar refractivity (Wildman–Crippen MR) is 140 cm³/mol. The van der Waals surface area contributed by atoms with Crippen molar-refractivity contribution < 1.29 is 0 Å². The van der Waals surface area contributed by atoms with Crippen LogP contribution in [0, 0.1) is 0 Å². The topological polar surface area (TPSA) is 17.3 Å². The highest BCUT2D eigenvalue weighted by Crippen LogP contribution is 2.35. The maximum atomic E-state index is 4.84. The van der Waals surface area contributed by atoms with Crippen molar-refractivity contribution in [3.05, 3.63) is 132 Å². The third kappa shape index (κ3) is 4.42. The molecule has 5 aromatic rings. The summed E-state index contributed by atoms with van der Waals surface area (Å²) in [6.07, 6.45) is 3.03. The van der Waals surface area contributed by atoms with Crippen LogP contribution in [0.1, 0.15) is 18.1 Å². The van der Waals surface area contributed by atoms with Gasteiger partial charge in [0, 0.05) is 17.5 Å². The van der Waals surface area contributed by atoms with Crippen LogP contribution in [0.2, 0.25) is 0 Å². The van der Waals surface area contributed by atoms with Gasteiger partial charge in [0.1, 0.15) is 0 Å². The van der Waals surface area contributed by atoms with Crippen LogP contribution in [0.15, 0.2) is 126 Å². The first-order valence-corrected chi connectivity index (χ1v) is 11.4. The quantitative estimate of drug-likeness (QED) is 0.244. The Bertz CT molecular complexity index is 1350. The van der Waals surface area contributed by atoms with E-state index in [0.29, 0.717) is 0 Å². The van der Waals surface area contributed by atoms with Gasteiger partial charge in [0.05, 0.1) is 17.1 Å². The summed E-state index contributed by atoms with van der Waals surface area (Å²) >= 11 is 0. The van der Waals surface area contributed by atoms with Crippen molar-refractivity contribution in [3.63, 3.8) is 0 Å². The lowest BCUT2D eigenvalue weighted by molar-refractivity contribution is 1.09. The summed E-state index contributed by atoms with van der Waals surface area (Å²) in [5.74, 6) is 0. The molecule has 1 heterocycles. The SMILES string of the molecule is CCc1ccc(N=Cc2cc(-c3ccccc3)n(-c3ccccc3)c2-c2ccccc2)cc1. The van der Waals surface area contributed by atoms with Gasteiger partial charge in [-0.2, -0.15) is 0 Å². The Morgan fingerprint density at radius 1 is 0.667 bits per heavy atom. The molecule has 33 heavy (non-hydrogen) atoms. The number of nitrogens with zero attached hydrogens (tertiary/aromatic N) is 2. The van der Waals surface area contributed by atoms with Crippen LogP contribution >= 0.6 is 0 Å². The Labute approximate surface area is 195 Å². The Morgan fingerprint density at radius 3 is 1.85 bits per heavy atom. The number of aliphatic imine (C=N–C) groups is 1. The molecule has 5 rings (SSSR count). The maximum absolute atomic E-state index is 4.84. The second-order valence-electron chi connectivity index (χ2n) is 8.01. The Hall–Kier alpha value is -4.17. The summed E-state index contributed by atoms with van der Waals surface area (Å²) < 4.78 is 2.34. The number of benzene rings is 4. The molecule has 2 heteroatoms. The van der Waals surface area contributed by atoms with Crippen LogP contribution in [0.4, 0.5) is 5.69 Å². The van der Waals surface area contributed by atoms with E-state index >= 15 is 0 Å². The minimum absolute atomic E-state index is 0.958. The summed E-state index contributed by atoms with van der Waals surface area (Å²) in [5, 5.41) is 0. The summed E-state index contributed by atoms with van der Waals surface area (Å²) in [5.41, 5.74) is 9.10. The predicted octanol–water partition coefficient (Wildman–Crippen LogP) is 8.12. The van der Waals surface area contributed by atoms with Crippen molar-refractivity contribution in [2.45, 2.75) is 13.3 Å². The van der Waals surface area contributed by atoms with Gasteiger partial charge in [-0.25, -0.2) is 0 Å². The van der Waals surface area contributed by atoms with Gasteiger partial charge in [-0.15, -0.1) is 0 Å². The van der Waals surface area contributed by atoms with Crippen molar-refractivity contribution in [3.8, 4) is 28.2 Å². The largest absolute Gasteiger partial charge is 0.309 e. The van der Waals surface area contributed by atoms with Gasteiger partial charge in [-0.3, -0.25) is 4.99 Å². The number of aryl methyl sites for hydroxylation is 1. The van der Waals surface area contributed by atoms with Crippen LogP contribution in [-0.4, -0.2) is 10.8 Å². The van der Waals surface area contributed by atoms with E-state index < -0.39 is 0 Å². The summed E-state index contributed by atoms with van der Waals surface area (Å²) in [7, 11) is 0. The zero-order valence-corrected chi connectivity index (χ0v) is 18.7. The third-order valence-electron chi connectivity index (χ3n) is 5.86. The van der Waals surface area contributed by atoms with Crippen LogP contribution in [-0.2, 0) is 6.42 Å². The minimum Gasteiger partial charge on any atom is -0.309 e. The van der Waals surface area contributed by atoms with Crippen LogP contribution < -0.4 is 0 Å². The van der Waals surface area contributed by atoms with Crippen molar-refractivity contribution in [2.75, 3.05) is 0 Å². The van der Waals surface area contributed by atoms with Crippen LogP contribution in [0.25, 0.3) is 28.2 Å². The molecule has 0 aliphatic carbocycles. The molecule has 0 saturated heterocycles. The van der Waals surface area contributed by atoms with E-state index in [9.17, 15) is 0 Å². The number of para-hydroxylation sites is 1. The van der Waals surface area contributed by atoms with Gasteiger partial charge in [0.2, 0.25) is 0 Å². The molecule has 0 bridgehead atoms. The first kappa shape index (κ1) is 20.7. The van der Waals surface area contributed by atoms with Gasteiger partial charge < -0.3 is 4.57 Å². The van der Waals surface area contributed by atoms with Gasteiger partial charge in [-0.1, -0.05) is 97.9 Å². The molecule has 0 N–H and O–H groups in total. The molecule has 0 fully saturated rings. The first-order chi connectivity index (χ1) is 16.3. The maximum Gasteiger partial charge on any atom is 0.0630 e. The first-order valence-electron chi connectivity index (χ1n) is 11.4. The van der Waals surface area contributed by atoms with Crippen molar-refractivity contribution in [2.24, 2.45) is 4.99 Å². The van der Waals surface area contributed by atoms with E-state index in [2.05, 4.69) is 133 Å². The molecule has 0 atom stereocenters. The van der Waals surface area contributed by atoms with Crippen molar-refractivity contribution in [1.82, 2.24) is 4.57 Å². The fourth-order valence-electron chi connectivity index (χ4n) is 4.15. The summed E-state index contributed by atoms with van der Waals surface area (Å²) in [6.45, 7) is 2.17. The number of hydrogen-bond acceptors (Lipinski definition) is 1. The second-order valence-corrected chi connectivity index (χ2v) is 8.01. The standard InChI is InChI=1S/C31H26N2/c1-2-24-18-20-28(21-19-24)32-23-27-22-30(25-12-6-3-7-13-25)33(29-16-10-5-11-17-29)31(27)26-14-8-4-9-15-26/h3-23H,2H2,1H3. The highest BCUT2D eigenvalue weighted by atomic mass is 15.0. The Kier molecular flexibility index (Phi) is 5.99. The van der Waals surface area contributed by atoms with E-state index in [1.165, 1.54) is 11.1 Å². The number of hydrogen-bond donors (Lipinski definition) is 0. The van der Waals surface area contributed by atoms with E-state index in [0.717, 1.165) is 40.3 Å². The normalized spacial score (nSPS) is 11.2. The summed E-state index contributed by atoms with van der Waals surface area (Å²) in [4.78, 5) is 4.84. The molecular formula is C31H26N2. The van der Waals surface area contributed by atoms with Gasteiger partial charge >= 0.3 is 0 Å². The molecule has 0 unspecified atom stereocenters. The average molecular weight is 427 g/mol. The van der Waals surface area contributed by atoms with E-state index in [1.54, 1.807) is 0 Å². The average Bonchev–Trinajstić information content (AvgIpc) is 3.29. The molecule has 0 spiro atoms. The molecule has 1 aromatic heterocycles. The molecule has 0 aliphatic heterocycles. The van der Waals surface area contributed by atoms with E-state index in [1.807, 2.05) is 6.21 Å². The highest BCUT2D eigenvalue weighted by Gasteiger charge is 2.18. The van der Waals surface area contributed by atoms with Crippen LogP contribution in [0.5, 0.6) is 0 Å². The van der Waals surface area contributed by atoms with Crippen molar-refractivity contribution in [1.29, 1.82) is 0 Å². The molecular weight excluding hydrogens is 400 g/mol. The smallest absolute Gasteiger partial charge is 0.0630 e. The number of rotatable bonds is 6. The van der Waals surface area contributed by atoms with Crippen molar-refractivity contribution >= 4 is 11.9 Å². The van der Waals surface area contributed by atoms with Crippen LogP contribution in [0.3, 0.4) is 0 Å². The fourth-order valence-corrected chi connectivity index (χ4v) is 4.15. The molecule has 0 amide bonds. The molecule has 0 radical (unpaired) electrons. The molecule has 4 aromatic carbocycles. The fraction of sp³-hybridized carbons (Fsp3) is 0.0645. The minimum atomic E-state index is 0.958. The molecule has 2 nitrogen and oxygen atoms in total. The van der Waals surface area contributed by atoms with E-state index in [4.69, 9.17) is 4.99 Å². The molecule has 0 aliphatic rings. The second kappa shape index (κ2) is 9.54. The lowest BCUT2D eigenvalue weighted by Gasteiger charge is -2.15. The Balaban J connectivity index is 1.73. The van der Waals surface area contributed by atoms with Gasteiger partial charge in [0.25, 0.3) is 0 Å². The third-order valence-corrected chi connectivity index (χ3v) is 5.86. The zero-order valence-electron chi connectivity index (χ0n) is 18.7.